The van der Waals surface area contributed by atoms with Gasteiger partial charge >= 0.3 is 5.97 Å². The maximum Gasteiger partial charge on any atom is 0.320 e. The van der Waals surface area contributed by atoms with Crippen molar-refractivity contribution in [1.82, 2.24) is 14.8 Å². The molecule has 2 aliphatic rings. The minimum Gasteiger partial charge on any atom is -0.480 e. The van der Waals surface area contributed by atoms with Gasteiger partial charge in [-0.2, -0.15) is 0 Å². The Kier molecular flexibility index (Phi) is 4.73. The molecule has 2 fully saturated rings. The largest absolute Gasteiger partial charge is 0.480 e. The highest BCUT2D eigenvalue weighted by Gasteiger charge is 2.47. The Morgan fingerprint density at radius 2 is 2.22 bits per heavy atom. The number of piperidine rings is 1. The van der Waals surface area contributed by atoms with Crippen LogP contribution in [-0.4, -0.2) is 58.1 Å². The van der Waals surface area contributed by atoms with Crippen molar-refractivity contribution < 1.29 is 14.3 Å². The van der Waals surface area contributed by atoms with Crippen molar-refractivity contribution in [3.8, 4) is 0 Å². The monoisotopic (exact) mass is 321 g/mol. The van der Waals surface area contributed by atoms with Gasteiger partial charge in [0.05, 0.1) is 5.69 Å². The third-order valence-electron chi connectivity index (χ3n) is 5.37. The van der Waals surface area contributed by atoms with E-state index in [1.165, 1.54) is 0 Å². The zero-order valence-corrected chi connectivity index (χ0v) is 14.1. The molecule has 2 saturated heterocycles. The third-order valence-corrected chi connectivity index (χ3v) is 5.37. The van der Waals surface area contributed by atoms with E-state index in [1.807, 2.05) is 6.92 Å². The normalized spacial score (nSPS) is 25.2. The van der Waals surface area contributed by atoms with Gasteiger partial charge in [-0.3, -0.25) is 14.6 Å². The van der Waals surface area contributed by atoms with Crippen molar-refractivity contribution in [3.63, 3.8) is 0 Å². The van der Waals surface area contributed by atoms with Crippen LogP contribution >= 0.6 is 0 Å². The number of aromatic nitrogens is 1. The molecule has 3 rings (SSSR count). The van der Waals surface area contributed by atoms with Crippen LogP contribution in [-0.2, 0) is 11.3 Å². The van der Waals surface area contributed by atoms with E-state index >= 15 is 0 Å². The fourth-order valence-electron chi connectivity index (χ4n) is 4.17. The number of aliphatic carboxylic acids is 1. The second-order valence-electron chi connectivity index (χ2n) is 7.16. The zero-order valence-electron chi connectivity index (χ0n) is 14.1. The predicted molar refractivity (Wildman–Crippen MR) is 86.1 cm³/mol. The van der Waals surface area contributed by atoms with E-state index in [2.05, 4.69) is 21.7 Å². The average molecular weight is 321 g/mol. The summed E-state index contributed by atoms with van der Waals surface area (Å²) in [6.07, 6.45) is 5.71. The second kappa shape index (κ2) is 6.61. The van der Waals surface area contributed by atoms with E-state index in [0.29, 0.717) is 5.89 Å². The van der Waals surface area contributed by atoms with Gasteiger partial charge in [0.15, 0.2) is 5.89 Å². The molecular weight excluding hydrogens is 294 g/mol. The molecule has 0 unspecified atom stereocenters. The summed E-state index contributed by atoms with van der Waals surface area (Å²) in [4.78, 5) is 20.5. The van der Waals surface area contributed by atoms with Gasteiger partial charge in [0.25, 0.3) is 0 Å². The summed E-state index contributed by atoms with van der Waals surface area (Å²) in [6, 6.07) is -0.292. The second-order valence-corrected chi connectivity index (χ2v) is 7.16. The molecule has 1 spiro atoms. The molecule has 128 valence electrons. The van der Waals surface area contributed by atoms with Crippen molar-refractivity contribution in [2.45, 2.75) is 52.1 Å². The standard InChI is InChI=1S/C17H27N3O3/c1-3-6-20-12-17(9-15(20)16(21)22)4-7-19(8-5-17)10-14-11-23-13(2)18-14/h11,15H,3-10,12H2,1-2H3,(H,21,22)/t15-/m0/s1. The highest BCUT2D eigenvalue weighted by atomic mass is 16.4. The Hall–Kier alpha value is -1.40. The first-order chi connectivity index (χ1) is 11.0. The molecule has 0 saturated carbocycles. The molecule has 23 heavy (non-hydrogen) atoms. The van der Waals surface area contributed by atoms with Crippen LogP contribution in [0.2, 0.25) is 0 Å². The maximum atomic E-state index is 11.5. The molecule has 2 aliphatic heterocycles. The minimum atomic E-state index is -0.657. The van der Waals surface area contributed by atoms with Crippen LogP contribution in [0.4, 0.5) is 0 Å². The van der Waals surface area contributed by atoms with Crippen molar-refractivity contribution in [3.05, 3.63) is 17.8 Å². The lowest BCUT2D eigenvalue weighted by molar-refractivity contribution is -0.142. The first-order valence-electron chi connectivity index (χ1n) is 8.61. The number of carboxylic acid groups (broad SMARTS) is 1. The topological polar surface area (TPSA) is 69.8 Å². The Bertz CT molecular complexity index is 549. The molecule has 6 nitrogen and oxygen atoms in total. The van der Waals surface area contributed by atoms with Gasteiger partial charge < -0.3 is 9.52 Å². The lowest BCUT2D eigenvalue weighted by Crippen LogP contribution is -2.41. The van der Waals surface area contributed by atoms with Crippen LogP contribution in [0.5, 0.6) is 0 Å². The fraction of sp³-hybridized carbons (Fsp3) is 0.765. The van der Waals surface area contributed by atoms with Gasteiger partial charge in [-0.1, -0.05) is 6.92 Å². The van der Waals surface area contributed by atoms with Crippen molar-refractivity contribution in [2.75, 3.05) is 26.2 Å². The number of nitrogens with zero attached hydrogens (tertiary/aromatic N) is 3. The highest BCUT2D eigenvalue weighted by molar-refractivity contribution is 5.74. The number of hydrogen-bond acceptors (Lipinski definition) is 5. The molecule has 0 aliphatic carbocycles. The lowest BCUT2D eigenvalue weighted by Gasteiger charge is -2.39. The van der Waals surface area contributed by atoms with Gasteiger partial charge in [-0.05, 0) is 50.7 Å². The van der Waals surface area contributed by atoms with Crippen molar-refractivity contribution in [1.29, 1.82) is 0 Å². The molecule has 0 radical (unpaired) electrons. The van der Waals surface area contributed by atoms with E-state index in [1.54, 1.807) is 6.26 Å². The van der Waals surface area contributed by atoms with E-state index < -0.39 is 5.97 Å². The molecule has 1 N–H and O–H groups in total. The van der Waals surface area contributed by atoms with Crippen molar-refractivity contribution in [2.24, 2.45) is 5.41 Å². The van der Waals surface area contributed by atoms with Gasteiger partial charge in [-0.15, -0.1) is 0 Å². The van der Waals surface area contributed by atoms with E-state index in [0.717, 1.165) is 64.1 Å². The molecule has 0 bridgehead atoms. The van der Waals surface area contributed by atoms with Crippen molar-refractivity contribution >= 4 is 5.97 Å². The summed E-state index contributed by atoms with van der Waals surface area (Å²) in [5.41, 5.74) is 1.18. The number of carboxylic acids is 1. The molecule has 1 aromatic heterocycles. The van der Waals surface area contributed by atoms with Crippen LogP contribution < -0.4 is 0 Å². The Morgan fingerprint density at radius 1 is 1.48 bits per heavy atom. The number of rotatable bonds is 5. The molecule has 1 aromatic rings. The SMILES string of the molecule is CCCN1CC2(CCN(Cc3coc(C)n3)CC2)C[C@H]1C(=O)O. The number of carbonyl (C=O) groups is 1. The van der Waals surface area contributed by atoms with Gasteiger partial charge in [0.1, 0.15) is 12.3 Å². The minimum absolute atomic E-state index is 0.189. The van der Waals surface area contributed by atoms with Crippen LogP contribution in [0, 0.1) is 12.3 Å². The number of aryl methyl sites for hydroxylation is 1. The molecule has 0 amide bonds. The highest BCUT2D eigenvalue weighted by Crippen LogP contribution is 2.43. The Labute approximate surface area is 137 Å². The fourth-order valence-corrected chi connectivity index (χ4v) is 4.17. The summed E-state index contributed by atoms with van der Waals surface area (Å²) in [6.45, 7) is 8.66. The van der Waals surface area contributed by atoms with Crippen LogP contribution in [0.25, 0.3) is 0 Å². The summed E-state index contributed by atoms with van der Waals surface area (Å²) >= 11 is 0. The van der Waals surface area contributed by atoms with Crippen LogP contribution in [0.15, 0.2) is 10.7 Å². The molecule has 0 aromatic carbocycles. The first-order valence-corrected chi connectivity index (χ1v) is 8.61. The van der Waals surface area contributed by atoms with Crippen LogP contribution in [0.1, 0.15) is 44.2 Å². The van der Waals surface area contributed by atoms with Gasteiger partial charge in [0.2, 0.25) is 0 Å². The first kappa shape index (κ1) is 16.5. The predicted octanol–water partition coefficient (Wildman–Crippen LogP) is 2.13. The zero-order chi connectivity index (χ0) is 16.4. The molecule has 6 heteroatoms. The van der Waals surface area contributed by atoms with Gasteiger partial charge in [0, 0.05) is 20.0 Å². The molecule has 3 heterocycles. The summed E-state index contributed by atoms with van der Waals surface area (Å²) in [5.74, 6) is 0.0552. The lowest BCUT2D eigenvalue weighted by atomic mass is 9.76. The Balaban J connectivity index is 1.58. The smallest absolute Gasteiger partial charge is 0.320 e. The summed E-state index contributed by atoms with van der Waals surface area (Å²) < 4.78 is 5.27. The molecule has 1 atom stereocenters. The maximum absolute atomic E-state index is 11.5. The third kappa shape index (κ3) is 3.58. The molecular formula is C17H27N3O3. The Morgan fingerprint density at radius 3 is 2.78 bits per heavy atom. The summed E-state index contributed by atoms with van der Waals surface area (Å²) in [5, 5.41) is 9.50. The average Bonchev–Trinajstić information content (AvgIpc) is 3.07. The van der Waals surface area contributed by atoms with Crippen LogP contribution in [0.3, 0.4) is 0 Å². The quantitative estimate of drug-likeness (QED) is 0.896. The summed E-state index contributed by atoms with van der Waals surface area (Å²) in [7, 11) is 0. The van der Waals surface area contributed by atoms with E-state index in [4.69, 9.17) is 4.42 Å². The van der Waals surface area contributed by atoms with E-state index in [9.17, 15) is 9.90 Å². The van der Waals surface area contributed by atoms with E-state index in [-0.39, 0.29) is 11.5 Å². The number of likely N-dealkylation sites (tertiary alicyclic amines) is 2. The van der Waals surface area contributed by atoms with Gasteiger partial charge in [-0.25, -0.2) is 4.98 Å². The number of oxazole rings is 1. The number of hydrogen-bond donors (Lipinski definition) is 1.